The quantitative estimate of drug-likeness (QED) is 0.878. The van der Waals surface area contributed by atoms with E-state index in [-0.39, 0.29) is 36.6 Å². The fourth-order valence-electron chi connectivity index (χ4n) is 2.53. The van der Waals surface area contributed by atoms with Gasteiger partial charge in [-0.2, -0.15) is 5.26 Å². The first-order valence-electron chi connectivity index (χ1n) is 6.44. The highest BCUT2D eigenvalue weighted by molar-refractivity contribution is 6.30. The minimum atomic E-state index is -0.0931. The maximum absolute atomic E-state index is 10.2. The van der Waals surface area contributed by atoms with Crippen LogP contribution in [0.5, 0.6) is 5.75 Å². The Kier molecular flexibility index (Phi) is 9.03. The maximum Gasteiger partial charge on any atom is 0.123 e. The van der Waals surface area contributed by atoms with E-state index in [9.17, 15) is 5.11 Å². The SMILES string of the molecule is Cc1cc(Cl)cc([C@H](CC#N)N2CCNCC2)c1O.Cl.Cl. The molecule has 1 fully saturated rings. The van der Waals surface area contributed by atoms with Crippen molar-refractivity contribution in [3.8, 4) is 11.8 Å². The molecule has 118 valence electrons. The van der Waals surface area contributed by atoms with Crippen molar-refractivity contribution in [1.29, 1.82) is 5.26 Å². The highest BCUT2D eigenvalue weighted by Gasteiger charge is 2.25. The molecule has 1 aromatic carbocycles. The Morgan fingerprint density at radius 1 is 1.38 bits per heavy atom. The monoisotopic (exact) mass is 351 g/mol. The van der Waals surface area contributed by atoms with Crippen LogP contribution >= 0.6 is 36.4 Å². The highest BCUT2D eigenvalue weighted by Crippen LogP contribution is 2.35. The number of hydrogen-bond acceptors (Lipinski definition) is 4. The van der Waals surface area contributed by atoms with E-state index in [0.717, 1.165) is 37.3 Å². The van der Waals surface area contributed by atoms with Gasteiger partial charge < -0.3 is 10.4 Å². The Morgan fingerprint density at radius 3 is 2.57 bits per heavy atom. The molecule has 4 nitrogen and oxygen atoms in total. The summed E-state index contributed by atoms with van der Waals surface area (Å²) in [6.45, 7) is 5.38. The third kappa shape index (κ3) is 4.91. The molecule has 2 rings (SSSR count). The summed E-state index contributed by atoms with van der Waals surface area (Å²) in [7, 11) is 0. The number of phenols is 1. The zero-order valence-electron chi connectivity index (χ0n) is 11.8. The lowest BCUT2D eigenvalue weighted by atomic mass is 9.98. The first-order chi connectivity index (χ1) is 9.13. The number of nitrogens with zero attached hydrogens (tertiary/aromatic N) is 2. The van der Waals surface area contributed by atoms with Gasteiger partial charge in [-0.15, -0.1) is 24.8 Å². The molecule has 0 saturated carbocycles. The largest absolute Gasteiger partial charge is 0.507 e. The first-order valence-corrected chi connectivity index (χ1v) is 6.82. The molecular formula is C14H20Cl3N3O. The molecule has 0 spiro atoms. The molecular weight excluding hydrogens is 333 g/mol. The van der Waals surface area contributed by atoms with Crippen LogP contribution in [-0.4, -0.2) is 36.2 Å². The van der Waals surface area contributed by atoms with E-state index in [1.165, 1.54) is 0 Å². The maximum atomic E-state index is 10.2. The van der Waals surface area contributed by atoms with Crippen LogP contribution in [0.4, 0.5) is 0 Å². The van der Waals surface area contributed by atoms with Gasteiger partial charge >= 0.3 is 0 Å². The molecule has 0 aromatic heterocycles. The summed E-state index contributed by atoms with van der Waals surface area (Å²) in [6.07, 6.45) is 0.355. The van der Waals surface area contributed by atoms with E-state index in [2.05, 4.69) is 16.3 Å². The second kappa shape index (κ2) is 9.34. The zero-order chi connectivity index (χ0) is 13.8. The fourth-order valence-corrected chi connectivity index (χ4v) is 2.81. The Balaban J connectivity index is 0.00000200. The van der Waals surface area contributed by atoms with Crippen molar-refractivity contribution in [3.63, 3.8) is 0 Å². The van der Waals surface area contributed by atoms with Crippen LogP contribution in [0.3, 0.4) is 0 Å². The van der Waals surface area contributed by atoms with Crippen molar-refractivity contribution in [2.45, 2.75) is 19.4 Å². The van der Waals surface area contributed by atoms with Crippen LogP contribution in [0.25, 0.3) is 0 Å². The Morgan fingerprint density at radius 2 is 2.00 bits per heavy atom. The summed E-state index contributed by atoms with van der Waals surface area (Å²) in [5.74, 6) is 0.253. The lowest BCUT2D eigenvalue weighted by Gasteiger charge is -2.34. The van der Waals surface area contributed by atoms with Crippen molar-refractivity contribution in [2.75, 3.05) is 26.2 Å². The predicted octanol–water partition coefficient (Wildman–Crippen LogP) is 3.06. The molecule has 0 aliphatic carbocycles. The van der Waals surface area contributed by atoms with E-state index in [4.69, 9.17) is 16.9 Å². The summed E-state index contributed by atoms with van der Waals surface area (Å²) >= 11 is 6.08. The van der Waals surface area contributed by atoms with Gasteiger partial charge in [-0.25, -0.2) is 0 Å². The number of phenolic OH excluding ortho intramolecular Hbond substituents is 1. The Hall–Kier alpha value is -0.700. The Bertz CT molecular complexity index is 499. The molecule has 1 aliphatic rings. The van der Waals surface area contributed by atoms with E-state index in [0.29, 0.717) is 11.4 Å². The highest BCUT2D eigenvalue weighted by atomic mass is 35.5. The fraction of sp³-hybridized carbons (Fsp3) is 0.500. The average molecular weight is 353 g/mol. The lowest BCUT2D eigenvalue weighted by Crippen LogP contribution is -2.45. The van der Waals surface area contributed by atoms with Crippen molar-refractivity contribution in [1.82, 2.24) is 10.2 Å². The summed E-state index contributed by atoms with van der Waals surface area (Å²) in [6, 6.07) is 5.63. The standard InChI is InChI=1S/C14H18ClN3O.2ClH/c1-10-8-11(15)9-12(14(10)19)13(2-3-16)18-6-4-17-5-7-18;;/h8-9,13,17,19H,2,4-7H2,1H3;2*1H/t13-;;/m0../s1. The van der Waals surface area contributed by atoms with Crippen molar-refractivity contribution in [3.05, 3.63) is 28.3 Å². The lowest BCUT2D eigenvalue weighted by molar-refractivity contribution is 0.173. The van der Waals surface area contributed by atoms with Crippen LogP contribution in [0, 0.1) is 18.3 Å². The number of benzene rings is 1. The second-order valence-electron chi connectivity index (χ2n) is 4.82. The topological polar surface area (TPSA) is 59.3 Å². The van der Waals surface area contributed by atoms with Gasteiger partial charge in [0.15, 0.2) is 0 Å². The molecule has 0 unspecified atom stereocenters. The number of aromatic hydroxyl groups is 1. The molecule has 21 heavy (non-hydrogen) atoms. The minimum Gasteiger partial charge on any atom is -0.507 e. The molecule has 1 atom stereocenters. The summed E-state index contributed by atoms with van der Waals surface area (Å²) in [5.41, 5.74) is 1.51. The number of rotatable bonds is 3. The summed E-state index contributed by atoms with van der Waals surface area (Å²) in [4.78, 5) is 2.23. The molecule has 1 aromatic rings. The number of piperazine rings is 1. The molecule has 1 heterocycles. The number of aryl methyl sites for hydroxylation is 1. The molecule has 0 bridgehead atoms. The minimum absolute atomic E-state index is 0. The third-order valence-electron chi connectivity index (χ3n) is 3.53. The zero-order valence-corrected chi connectivity index (χ0v) is 14.2. The van der Waals surface area contributed by atoms with Crippen LogP contribution in [0.15, 0.2) is 12.1 Å². The number of hydrogen-bond donors (Lipinski definition) is 2. The molecule has 1 saturated heterocycles. The van der Waals surface area contributed by atoms with Crippen LogP contribution < -0.4 is 5.32 Å². The van der Waals surface area contributed by atoms with Gasteiger partial charge in [0, 0.05) is 36.8 Å². The molecule has 0 amide bonds. The van der Waals surface area contributed by atoms with Gasteiger partial charge in [0.05, 0.1) is 18.5 Å². The molecule has 2 N–H and O–H groups in total. The number of halogens is 3. The summed E-state index contributed by atoms with van der Waals surface area (Å²) in [5, 5.41) is 23.2. The first kappa shape index (κ1) is 20.3. The molecule has 7 heteroatoms. The van der Waals surface area contributed by atoms with Gasteiger partial charge in [0.2, 0.25) is 0 Å². The van der Waals surface area contributed by atoms with E-state index in [1.54, 1.807) is 12.1 Å². The van der Waals surface area contributed by atoms with Crippen molar-refractivity contribution >= 4 is 36.4 Å². The average Bonchev–Trinajstić information content (AvgIpc) is 2.41. The Labute approximate surface area is 142 Å². The van der Waals surface area contributed by atoms with E-state index in [1.807, 2.05) is 6.92 Å². The van der Waals surface area contributed by atoms with Gasteiger partial charge in [0.25, 0.3) is 0 Å². The molecule has 0 radical (unpaired) electrons. The third-order valence-corrected chi connectivity index (χ3v) is 3.75. The predicted molar refractivity (Wildman–Crippen MR) is 89.8 cm³/mol. The number of nitriles is 1. The van der Waals surface area contributed by atoms with Crippen molar-refractivity contribution < 1.29 is 5.11 Å². The van der Waals surface area contributed by atoms with Crippen LogP contribution in [0.2, 0.25) is 5.02 Å². The van der Waals surface area contributed by atoms with Gasteiger partial charge in [-0.1, -0.05) is 11.6 Å². The smallest absolute Gasteiger partial charge is 0.123 e. The van der Waals surface area contributed by atoms with Gasteiger partial charge in [0.1, 0.15) is 5.75 Å². The number of nitrogens with one attached hydrogen (secondary N) is 1. The normalized spacial score (nSPS) is 16.2. The van der Waals surface area contributed by atoms with Crippen molar-refractivity contribution in [2.24, 2.45) is 0 Å². The van der Waals surface area contributed by atoms with E-state index >= 15 is 0 Å². The van der Waals surface area contributed by atoms with Gasteiger partial charge in [-0.05, 0) is 24.6 Å². The summed E-state index contributed by atoms with van der Waals surface area (Å²) < 4.78 is 0. The molecule has 1 aliphatic heterocycles. The van der Waals surface area contributed by atoms with Crippen LogP contribution in [0.1, 0.15) is 23.6 Å². The van der Waals surface area contributed by atoms with Crippen LogP contribution in [-0.2, 0) is 0 Å². The van der Waals surface area contributed by atoms with Gasteiger partial charge in [-0.3, -0.25) is 4.90 Å². The second-order valence-corrected chi connectivity index (χ2v) is 5.26. The van der Waals surface area contributed by atoms with E-state index < -0.39 is 0 Å².